The summed E-state index contributed by atoms with van der Waals surface area (Å²) in [6.45, 7) is 9.46. The first kappa shape index (κ1) is 88.7. The summed E-state index contributed by atoms with van der Waals surface area (Å²) in [6, 6.07) is -9.30. The van der Waals surface area contributed by atoms with Crippen molar-refractivity contribution in [2.24, 2.45) is 47.3 Å². The molecule has 3 aliphatic heterocycles. The van der Waals surface area contributed by atoms with E-state index >= 15 is 38.4 Å². The zero-order chi connectivity index (χ0) is 80.0. The Bertz CT molecular complexity index is 3140. The van der Waals surface area contributed by atoms with Gasteiger partial charge in [-0.1, -0.05) is 73.6 Å². The van der Waals surface area contributed by atoms with Gasteiger partial charge in [0.2, 0.25) is 70.9 Å². The highest BCUT2D eigenvalue weighted by atomic mass is 35.5. The van der Waals surface area contributed by atoms with E-state index in [0.717, 1.165) is 14.7 Å². The van der Waals surface area contributed by atoms with E-state index in [2.05, 4.69) is 16.0 Å². The van der Waals surface area contributed by atoms with Crippen LogP contribution in [0.2, 0.25) is 0 Å². The lowest BCUT2D eigenvalue weighted by Crippen LogP contribution is -2.65. The molecule has 108 heavy (non-hydrogen) atoms. The van der Waals surface area contributed by atoms with E-state index in [1.54, 1.807) is 13.8 Å². The first-order valence-electron chi connectivity index (χ1n) is 39.4. The molecule has 7 fully saturated rings. The van der Waals surface area contributed by atoms with Gasteiger partial charge in [-0.25, -0.2) is 0 Å². The number of morpholine rings is 1. The quantitative estimate of drug-likeness (QED) is 0.115. The summed E-state index contributed by atoms with van der Waals surface area (Å²) in [5, 5.41) is 7.44. The van der Waals surface area contributed by atoms with Crippen LogP contribution in [0.15, 0.2) is 0 Å². The smallest absolute Gasteiger partial charge is 0.378 e. The van der Waals surface area contributed by atoms with Crippen LogP contribution in [0.5, 0.6) is 0 Å². The van der Waals surface area contributed by atoms with Gasteiger partial charge in [0.15, 0.2) is 0 Å². The molecule has 25 nitrogen and oxygen atoms in total. The molecule has 3 heterocycles. The number of halogens is 7. The Morgan fingerprint density at radius 1 is 0.602 bits per heavy atom. The van der Waals surface area contributed by atoms with Crippen molar-refractivity contribution in [1.82, 2.24) is 60.0 Å². The van der Waals surface area contributed by atoms with Gasteiger partial charge < -0.3 is 64.8 Å². The standard InChI is InChI=1S/C76H121ClF6N12O13/c1-13-48(6)64-71(105)89(9)44-62(98)87(7)45-63(99)94(34-30-46(2)3)59(41-50-22-26-52(27-23-50)75(78,79)80)69(103)88(8)43-60(96)84-55(29-25-49-24-28-53(54(77)40-49)76(81,82)83)68(102)95-33-18-21-56(95)67(101)86-74(31-16-17-32-74)73(107)92(12)65(51-19-14-15-20-51)72(106)91(11)58(70(104)93-35-37-108-38-36-93)42-61(97)90(10)57(39-47(4)5)66(100)85-64/h46-59,64-65H,13-45H2,1-12H3,(H,84,96)(H,85,100)(H,86,101)/t48-,49?,50?,52?,53?,54?,55-,56-,57-,58-,59-,64-,65-/m0/s1. The third-order valence-corrected chi connectivity index (χ3v) is 24.7. The van der Waals surface area contributed by atoms with Crippen LogP contribution in [0.3, 0.4) is 0 Å². The minimum absolute atomic E-state index is 0.00287. The van der Waals surface area contributed by atoms with Gasteiger partial charge in [-0.15, -0.1) is 11.6 Å². The van der Waals surface area contributed by atoms with Crippen LogP contribution in [0.25, 0.3) is 0 Å². The number of amides is 12. The SMILES string of the molecule is CC[C@H](C)[C@@H]1NC(=O)[C@H](CC(C)C)N(C)C(=O)C[C@@H](C(=O)N2CCOCC2)N(C)C(=O)[C@H](C2CCCC2)N(C)C(=O)C2(CCCC2)NC(=O)[C@@H]2CCCN2C(=O)[C@H](CCC2CCC(C(F)(F)F)C(Cl)C2)NC(=O)CN(C)C(=O)[C@H](CC2CCC(C(F)(F)F)CC2)N(CCC(C)C)C(=O)CN(C)C(=O)CN(C)C1=O. The second-order valence-electron chi connectivity index (χ2n) is 33.0. The number of carbonyl (C=O) groups excluding carboxylic acids is 12. The first-order chi connectivity index (χ1) is 50.7. The van der Waals surface area contributed by atoms with Crippen LogP contribution in [-0.2, 0) is 62.3 Å². The Balaban J connectivity index is 1.31. The van der Waals surface area contributed by atoms with Gasteiger partial charge in [-0.05, 0) is 151 Å². The maximum absolute atomic E-state index is 15.7. The van der Waals surface area contributed by atoms with Crippen molar-refractivity contribution >= 4 is 82.5 Å². The molecule has 612 valence electrons. The molecule has 0 radical (unpaired) electrons. The highest BCUT2D eigenvalue weighted by Gasteiger charge is 2.53. The molecule has 32 heteroatoms. The molecule has 1 spiro atoms. The van der Waals surface area contributed by atoms with Gasteiger partial charge in [0.1, 0.15) is 47.8 Å². The summed E-state index contributed by atoms with van der Waals surface area (Å²) in [5.41, 5.74) is -1.61. The maximum atomic E-state index is 15.7. The second kappa shape index (κ2) is 39.1. The Kier molecular flexibility index (Phi) is 32.1. The topological polar surface area (TPSA) is 279 Å². The molecule has 7 aliphatic rings. The zero-order valence-corrected chi connectivity index (χ0v) is 66.3. The average Bonchev–Trinajstić information content (AvgIpc) is 1.06. The predicted octanol–water partition coefficient (Wildman–Crippen LogP) is 7.15. The number of hydrogen-bond acceptors (Lipinski definition) is 13. The molecule has 4 aliphatic carbocycles. The minimum atomic E-state index is -4.56. The van der Waals surface area contributed by atoms with Crippen molar-refractivity contribution < 1.29 is 88.6 Å². The monoisotopic (exact) mass is 1560 g/mol. The summed E-state index contributed by atoms with van der Waals surface area (Å²) < 4.78 is 90.2. The number of rotatable bonds is 14. The maximum Gasteiger partial charge on any atom is 0.393 e. The molecule has 0 aromatic heterocycles. The van der Waals surface area contributed by atoms with Crippen molar-refractivity contribution in [3.05, 3.63) is 0 Å². The zero-order valence-electron chi connectivity index (χ0n) is 65.6. The third kappa shape index (κ3) is 22.8. The predicted molar refractivity (Wildman–Crippen MR) is 390 cm³/mol. The summed E-state index contributed by atoms with van der Waals surface area (Å²) in [5.74, 6) is -14.1. The van der Waals surface area contributed by atoms with E-state index in [1.807, 2.05) is 27.7 Å². The highest BCUT2D eigenvalue weighted by Crippen LogP contribution is 2.45. The summed E-state index contributed by atoms with van der Waals surface area (Å²) >= 11 is 6.42. The Hall–Kier alpha value is -6.53. The van der Waals surface area contributed by atoms with Crippen LogP contribution >= 0.6 is 11.6 Å². The molecule has 3 saturated heterocycles. The van der Waals surface area contributed by atoms with Crippen molar-refractivity contribution in [1.29, 1.82) is 0 Å². The fourth-order valence-electron chi connectivity index (χ4n) is 17.2. The number of alkyl halides is 7. The van der Waals surface area contributed by atoms with Crippen LogP contribution in [0.4, 0.5) is 26.3 Å². The van der Waals surface area contributed by atoms with Crippen molar-refractivity contribution in [2.75, 3.05) is 101 Å². The summed E-state index contributed by atoms with van der Waals surface area (Å²) in [6.07, 6.45) is -5.63. The van der Waals surface area contributed by atoms with E-state index in [-0.39, 0.29) is 141 Å². The molecular formula is C76H121ClF6N12O13. The molecule has 0 aromatic carbocycles. The normalized spacial score (nSPS) is 30.1. The van der Waals surface area contributed by atoms with Gasteiger partial charge >= 0.3 is 12.4 Å². The number of fused-ring (bicyclic) bond motifs is 1. The summed E-state index contributed by atoms with van der Waals surface area (Å²) in [7, 11) is 8.25. The Morgan fingerprint density at radius 2 is 1.21 bits per heavy atom. The van der Waals surface area contributed by atoms with E-state index in [9.17, 15) is 45.5 Å². The number of nitrogens with zero attached hydrogens (tertiary/aromatic N) is 9. The molecule has 11 atom stereocenters. The molecule has 7 rings (SSSR count). The molecule has 4 saturated carbocycles. The lowest BCUT2D eigenvalue weighted by molar-refractivity contribution is -0.184. The lowest BCUT2D eigenvalue weighted by atomic mass is 9.78. The lowest BCUT2D eigenvalue weighted by Gasteiger charge is -2.42. The van der Waals surface area contributed by atoms with Crippen molar-refractivity contribution in [3.63, 3.8) is 0 Å². The number of ether oxygens (including phenoxy) is 1. The van der Waals surface area contributed by atoms with Crippen LogP contribution in [0.1, 0.15) is 196 Å². The largest absolute Gasteiger partial charge is 0.393 e. The van der Waals surface area contributed by atoms with Gasteiger partial charge in [0, 0.05) is 73.8 Å². The van der Waals surface area contributed by atoms with E-state index < -0.39 is 198 Å². The Labute approximate surface area is 638 Å². The summed E-state index contributed by atoms with van der Waals surface area (Å²) in [4.78, 5) is 193. The van der Waals surface area contributed by atoms with Gasteiger partial charge in [0.25, 0.3) is 0 Å². The van der Waals surface area contributed by atoms with Crippen LogP contribution in [-0.4, -0.2) is 282 Å². The number of likely N-dealkylation sites (N-methyl/N-ethyl adjacent to an activating group) is 6. The molecular weight excluding hydrogens is 1440 g/mol. The van der Waals surface area contributed by atoms with E-state index in [4.69, 9.17) is 16.3 Å². The number of hydrogen-bond donors (Lipinski definition) is 3. The molecule has 0 bridgehead atoms. The Morgan fingerprint density at radius 3 is 1.80 bits per heavy atom. The molecule has 12 amide bonds. The van der Waals surface area contributed by atoms with Gasteiger partial charge in [-0.3, -0.25) is 57.5 Å². The van der Waals surface area contributed by atoms with Crippen LogP contribution < -0.4 is 16.0 Å². The number of carbonyl (C=O) groups is 12. The third-order valence-electron chi connectivity index (χ3n) is 24.2. The van der Waals surface area contributed by atoms with Gasteiger partial charge in [0.05, 0.1) is 51.1 Å². The highest BCUT2D eigenvalue weighted by molar-refractivity contribution is 6.21. The second-order valence-corrected chi connectivity index (χ2v) is 33.5. The minimum Gasteiger partial charge on any atom is -0.378 e. The van der Waals surface area contributed by atoms with E-state index in [1.165, 1.54) is 71.7 Å². The fraction of sp³-hybridized carbons (Fsp3) is 0.842. The van der Waals surface area contributed by atoms with Gasteiger partial charge in [-0.2, -0.15) is 26.3 Å². The molecule has 0 aromatic rings. The average molecular weight is 1560 g/mol. The molecule has 3 N–H and O–H groups in total. The van der Waals surface area contributed by atoms with Crippen LogP contribution in [0, 0.1) is 47.3 Å². The molecule has 3 unspecified atom stereocenters. The fourth-order valence-corrected chi connectivity index (χ4v) is 17.7. The number of nitrogens with one attached hydrogen (secondary N) is 3. The van der Waals surface area contributed by atoms with Crippen molar-refractivity contribution in [3.8, 4) is 0 Å². The first-order valence-corrected chi connectivity index (χ1v) is 39.8. The van der Waals surface area contributed by atoms with Crippen molar-refractivity contribution in [2.45, 2.75) is 261 Å². The van der Waals surface area contributed by atoms with E-state index in [0.29, 0.717) is 57.8 Å².